The molecule has 1 fully saturated rings. The monoisotopic (exact) mass is 492 g/mol. The normalized spacial score (nSPS) is 15.6. The van der Waals surface area contributed by atoms with Crippen LogP contribution in [0, 0.1) is 0 Å². The van der Waals surface area contributed by atoms with E-state index in [0.29, 0.717) is 26.6 Å². The average molecular weight is 494 g/mol. The summed E-state index contributed by atoms with van der Waals surface area (Å²) in [6, 6.07) is 8.71. The third kappa shape index (κ3) is 4.49. The molecule has 2 aromatic rings. The first-order valence-electron chi connectivity index (χ1n) is 8.92. The Bertz CT molecular complexity index is 1070. The van der Waals surface area contributed by atoms with Gasteiger partial charge in [0, 0.05) is 5.02 Å². The molecule has 7 nitrogen and oxygen atoms in total. The van der Waals surface area contributed by atoms with Crippen molar-refractivity contribution in [1.29, 1.82) is 0 Å². The molecular formula is C21H18BrClN2O5. The lowest BCUT2D eigenvalue weighted by Crippen LogP contribution is -2.54. The number of anilines is 1. The Kier molecular flexibility index (Phi) is 6.48. The maximum Gasteiger partial charge on any atom is 0.335 e. The Labute approximate surface area is 186 Å². The molecule has 0 unspecified atom stereocenters. The van der Waals surface area contributed by atoms with Crippen LogP contribution < -0.4 is 19.7 Å². The third-order valence-electron chi connectivity index (χ3n) is 4.08. The molecule has 0 aromatic heterocycles. The van der Waals surface area contributed by atoms with Gasteiger partial charge in [-0.3, -0.25) is 14.9 Å². The maximum atomic E-state index is 13.0. The molecule has 3 rings (SSSR count). The van der Waals surface area contributed by atoms with E-state index >= 15 is 0 Å². The maximum absolute atomic E-state index is 13.0. The molecular weight excluding hydrogens is 476 g/mol. The number of amides is 4. The van der Waals surface area contributed by atoms with E-state index in [4.69, 9.17) is 21.1 Å². The first-order valence-corrected chi connectivity index (χ1v) is 10.1. The summed E-state index contributed by atoms with van der Waals surface area (Å²) < 4.78 is 11.7. The predicted molar refractivity (Wildman–Crippen MR) is 117 cm³/mol. The minimum atomic E-state index is -0.844. The Hall–Kier alpha value is -2.84. The van der Waals surface area contributed by atoms with Gasteiger partial charge in [0.05, 0.1) is 23.4 Å². The zero-order chi connectivity index (χ0) is 22.0. The van der Waals surface area contributed by atoms with E-state index in [1.165, 1.54) is 19.3 Å². The molecule has 1 heterocycles. The number of carbonyl (C=O) groups is 3. The molecule has 30 heavy (non-hydrogen) atoms. The van der Waals surface area contributed by atoms with Crippen molar-refractivity contribution >= 4 is 57.1 Å². The van der Waals surface area contributed by atoms with Crippen LogP contribution in [0.25, 0.3) is 6.08 Å². The van der Waals surface area contributed by atoms with Crippen LogP contribution in [0.1, 0.15) is 19.4 Å². The molecule has 1 aliphatic heterocycles. The predicted octanol–water partition coefficient (Wildman–Crippen LogP) is 4.56. The Balaban J connectivity index is 2.03. The van der Waals surface area contributed by atoms with Crippen LogP contribution in [-0.2, 0) is 9.59 Å². The second kappa shape index (κ2) is 8.89. The first kappa shape index (κ1) is 21.9. The van der Waals surface area contributed by atoms with Crippen molar-refractivity contribution in [3.05, 3.63) is 57.0 Å². The number of rotatable bonds is 5. The number of nitrogens with zero attached hydrogens (tertiary/aromatic N) is 1. The molecule has 1 aliphatic rings. The lowest BCUT2D eigenvalue weighted by Gasteiger charge is -2.26. The van der Waals surface area contributed by atoms with Crippen LogP contribution in [0.2, 0.25) is 5.02 Å². The van der Waals surface area contributed by atoms with Gasteiger partial charge in [-0.1, -0.05) is 17.7 Å². The standard InChI is InChI=1S/C21H18BrClN2O5/c1-11(2)30-18-16(22)8-12(9-17(18)29-3)7-15-19(26)24-21(28)25(20(15)27)14-6-4-5-13(23)10-14/h4-11H,1-3H3,(H,24,26,28)/b15-7+. The van der Waals surface area contributed by atoms with E-state index in [1.54, 1.807) is 30.3 Å². The number of hydrogen-bond donors (Lipinski definition) is 1. The fraction of sp³-hybridized carbons (Fsp3) is 0.190. The number of urea groups is 1. The van der Waals surface area contributed by atoms with Crippen molar-refractivity contribution in [2.75, 3.05) is 12.0 Å². The number of hydrogen-bond acceptors (Lipinski definition) is 5. The Morgan fingerprint density at radius 1 is 1.17 bits per heavy atom. The molecule has 4 amide bonds. The lowest BCUT2D eigenvalue weighted by atomic mass is 10.1. The smallest absolute Gasteiger partial charge is 0.335 e. The summed E-state index contributed by atoms with van der Waals surface area (Å²) in [4.78, 5) is 38.5. The zero-order valence-electron chi connectivity index (χ0n) is 16.4. The largest absolute Gasteiger partial charge is 0.493 e. The molecule has 156 valence electrons. The fourth-order valence-electron chi connectivity index (χ4n) is 2.85. The van der Waals surface area contributed by atoms with Crippen LogP contribution in [0.3, 0.4) is 0 Å². The Morgan fingerprint density at radius 3 is 2.53 bits per heavy atom. The van der Waals surface area contributed by atoms with Crippen LogP contribution in [-0.4, -0.2) is 31.1 Å². The van der Waals surface area contributed by atoms with Crippen molar-refractivity contribution < 1.29 is 23.9 Å². The molecule has 9 heteroatoms. The highest BCUT2D eigenvalue weighted by Gasteiger charge is 2.37. The van der Waals surface area contributed by atoms with E-state index in [9.17, 15) is 14.4 Å². The SMILES string of the molecule is COc1cc(/C=C2\C(=O)NC(=O)N(c3cccc(Cl)c3)C2=O)cc(Br)c1OC(C)C. The van der Waals surface area contributed by atoms with Gasteiger partial charge in [-0.15, -0.1) is 0 Å². The summed E-state index contributed by atoms with van der Waals surface area (Å²) in [5, 5.41) is 2.53. The van der Waals surface area contributed by atoms with Crippen molar-refractivity contribution in [2.24, 2.45) is 0 Å². The van der Waals surface area contributed by atoms with Gasteiger partial charge in [-0.25, -0.2) is 9.69 Å². The van der Waals surface area contributed by atoms with Gasteiger partial charge in [0.2, 0.25) is 0 Å². The molecule has 0 radical (unpaired) electrons. The van der Waals surface area contributed by atoms with Crippen LogP contribution in [0.5, 0.6) is 11.5 Å². The highest BCUT2D eigenvalue weighted by molar-refractivity contribution is 9.10. The van der Waals surface area contributed by atoms with E-state index in [1.807, 2.05) is 13.8 Å². The summed E-state index contributed by atoms with van der Waals surface area (Å²) in [6.07, 6.45) is 1.30. The molecule has 0 spiro atoms. The van der Waals surface area contributed by atoms with Gasteiger partial charge >= 0.3 is 6.03 Å². The molecule has 1 saturated heterocycles. The first-order chi connectivity index (χ1) is 14.2. The third-order valence-corrected chi connectivity index (χ3v) is 4.91. The summed E-state index contributed by atoms with van der Waals surface area (Å²) in [6.45, 7) is 3.77. The zero-order valence-corrected chi connectivity index (χ0v) is 18.7. The summed E-state index contributed by atoms with van der Waals surface area (Å²) in [5.74, 6) is -0.620. The van der Waals surface area contributed by atoms with E-state index in [0.717, 1.165) is 4.90 Å². The average Bonchev–Trinajstić information content (AvgIpc) is 2.66. The molecule has 0 atom stereocenters. The van der Waals surface area contributed by atoms with Gasteiger partial charge in [0.25, 0.3) is 11.8 Å². The van der Waals surface area contributed by atoms with Crippen LogP contribution in [0.15, 0.2) is 46.4 Å². The number of imide groups is 2. The second-order valence-electron chi connectivity index (χ2n) is 6.64. The van der Waals surface area contributed by atoms with E-state index in [2.05, 4.69) is 21.2 Å². The molecule has 0 aliphatic carbocycles. The molecule has 1 N–H and O–H groups in total. The van der Waals surface area contributed by atoms with Crippen molar-refractivity contribution in [3.8, 4) is 11.5 Å². The molecule has 0 saturated carbocycles. The minimum Gasteiger partial charge on any atom is -0.493 e. The van der Waals surface area contributed by atoms with Gasteiger partial charge in [-0.2, -0.15) is 0 Å². The number of nitrogens with one attached hydrogen (secondary N) is 1. The molecule has 2 aromatic carbocycles. The lowest BCUT2D eigenvalue weighted by molar-refractivity contribution is -0.122. The van der Waals surface area contributed by atoms with Crippen molar-refractivity contribution in [3.63, 3.8) is 0 Å². The number of carbonyl (C=O) groups excluding carboxylic acids is 3. The van der Waals surface area contributed by atoms with Gasteiger partial charge in [0.15, 0.2) is 11.5 Å². The van der Waals surface area contributed by atoms with Crippen LogP contribution >= 0.6 is 27.5 Å². The number of methoxy groups -OCH3 is 1. The highest BCUT2D eigenvalue weighted by atomic mass is 79.9. The van der Waals surface area contributed by atoms with Crippen molar-refractivity contribution in [2.45, 2.75) is 20.0 Å². The van der Waals surface area contributed by atoms with Gasteiger partial charge in [0.1, 0.15) is 5.57 Å². The number of barbiturate groups is 1. The number of ether oxygens (including phenoxy) is 2. The minimum absolute atomic E-state index is 0.0811. The van der Waals surface area contributed by atoms with Gasteiger partial charge < -0.3 is 9.47 Å². The van der Waals surface area contributed by atoms with Crippen molar-refractivity contribution in [1.82, 2.24) is 5.32 Å². The van der Waals surface area contributed by atoms with Gasteiger partial charge in [-0.05, 0) is 71.7 Å². The van der Waals surface area contributed by atoms with E-state index in [-0.39, 0.29) is 17.4 Å². The topological polar surface area (TPSA) is 84.9 Å². The summed E-state index contributed by atoms with van der Waals surface area (Å²) in [7, 11) is 1.49. The molecule has 0 bridgehead atoms. The second-order valence-corrected chi connectivity index (χ2v) is 7.93. The van der Waals surface area contributed by atoms with Crippen LogP contribution in [0.4, 0.5) is 10.5 Å². The number of benzene rings is 2. The quantitative estimate of drug-likeness (QED) is 0.487. The summed E-state index contributed by atoms with van der Waals surface area (Å²) >= 11 is 9.40. The fourth-order valence-corrected chi connectivity index (χ4v) is 3.58. The number of halogens is 2. The van der Waals surface area contributed by atoms with E-state index < -0.39 is 17.8 Å². The summed E-state index contributed by atoms with van der Waals surface area (Å²) in [5.41, 5.74) is 0.553. The Morgan fingerprint density at radius 2 is 1.90 bits per heavy atom. The highest BCUT2D eigenvalue weighted by Crippen LogP contribution is 2.38.